The van der Waals surface area contributed by atoms with Crippen LogP contribution in [0, 0.1) is 0 Å². The van der Waals surface area contributed by atoms with E-state index in [1.54, 1.807) is 6.07 Å². The molecular weight excluding hydrogens is 264 g/mol. The molecule has 2 aromatic rings. The maximum absolute atomic E-state index is 11.1. The molecule has 0 radical (unpaired) electrons. The topological polar surface area (TPSA) is 57.5 Å². The van der Waals surface area contributed by atoms with Crippen LogP contribution in [0.25, 0.3) is 11.1 Å². The summed E-state index contributed by atoms with van der Waals surface area (Å²) in [6.45, 7) is 6.56. The van der Waals surface area contributed by atoms with E-state index in [2.05, 4.69) is 32.9 Å². The number of aromatic carboxylic acids is 1. The Morgan fingerprint density at radius 2 is 1.62 bits per heavy atom. The quantitative estimate of drug-likeness (QED) is 0.872. The van der Waals surface area contributed by atoms with Gasteiger partial charge in [0.1, 0.15) is 11.3 Å². The summed E-state index contributed by atoms with van der Waals surface area (Å²) in [4.78, 5) is 11.1. The van der Waals surface area contributed by atoms with Crippen molar-refractivity contribution in [1.82, 2.24) is 0 Å². The van der Waals surface area contributed by atoms with Gasteiger partial charge in [-0.1, -0.05) is 51.1 Å². The Morgan fingerprint density at radius 3 is 2.14 bits per heavy atom. The van der Waals surface area contributed by atoms with Gasteiger partial charge in [-0.3, -0.25) is 0 Å². The van der Waals surface area contributed by atoms with Crippen LogP contribution in [-0.2, 0) is 5.41 Å². The minimum atomic E-state index is -1.13. The van der Waals surface area contributed by atoms with Crippen LogP contribution < -0.4 is 0 Å². The standard InChI is InChI=1S/C18H20O3/c1-4-18(2,3)14-8-5-12(6-9-14)13-7-10-16(19)15(11-13)17(20)21/h5-11,19H,4H2,1-3H3,(H,20,21). The van der Waals surface area contributed by atoms with E-state index in [1.165, 1.54) is 17.7 Å². The molecule has 0 aliphatic heterocycles. The molecule has 0 spiro atoms. The van der Waals surface area contributed by atoms with Crippen molar-refractivity contribution in [1.29, 1.82) is 0 Å². The molecule has 3 nitrogen and oxygen atoms in total. The smallest absolute Gasteiger partial charge is 0.339 e. The normalized spacial score (nSPS) is 11.4. The largest absolute Gasteiger partial charge is 0.507 e. The molecule has 2 rings (SSSR count). The predicted octanol–water partition coefficient (Wildman–Crippen LogP) is 4.45. The molecule has 3 heteroatoms. The van der Waals surface area contributed by atoms with Gasteiger partial charge in [0.2, 0.25) is 0 Å². The SMILES string of the molecule is CCC(C)(C)c1ccc(-c2ccc(O)c(C(=O)O)c2)cc1. The van der Waals surface area contributed by atoms with E-state index in [9.17, 15) is 9.90 Å². The number of phenols is 1. The third-order valence-corrected chi connectivity index (χ3v) is 4.11. The van der Waals surface area contributed by atoms with Crippen molar-refractivity contribution in [2.45, 2.75) is 32.6 Å². The van der Waals surface area contributed by atoms with Crippen LogP contribution in [0.2, 0.25) is 0 Å². The minimum absolute atomic E-state index is 0.0783. The molecule has 0 saturated heterocycles. The van der Waals surface area contributed by atoms with E-state index < -0.39 is 5.97 Å². The van der Waals surface area contributed by atoms with E-state index >= 15 is 0 Å². The van der Waals surface area contributed by atoms with Gasteiger partial charge in [-0.15, -0.1) is 0 Å². The van der Waals surface area contributed by atoms with Crippen molar-refractivity contribution in [2.24, 2.45) is 0 Å². The minimum Gasteiger partial charge on any atom is -0.507 e. The molecule has 21 heavy (non-hydrogen) atoms. The molecule has 0 fully saturated rings. The Morgan fingerprint density at radius 1 is 1.05 bits per heavy atom. The van der Waals surface area contributed by atoms with Gasteiger partial charge in [-0.05, 0) is 40.7 Å². The maximum atomic E-state index is 11.1. The van der Waals surface area contributed by atoms with Gasteiger partial charge in [0, 0.05) is 0 Å². The van der Waals surface area contributed by atoms with Crippen LogP contribution in [0.3, 0.4) is 0 Å². The zero-order chi connectivity index (χ0) is 15.6. The lowest BCUT2D eigenvalue weighted by Crippen LogP contribution is -2.14. The van der Waals surface area contributed by atoms with Gasteiger partial charge in [0.05, 0.1) is 0 Å². The van der Waals surface area contributed by atoms with Crippen molar-refractivity contribution in [3.05, 3.63) is 53.6 Å². The monoisotopic (exact) mass is 284 g/mol. The molecule has 0 amide bonds. The van der Waals surface area contributed by atoms with Crippen molar-refractivity contribution in [3.63, 3.8) is 0 Å². The highest BCUT2D eigenvalue weighted by Crippen LogP contribution is 2.30. The first kappa shape index (κ1) is 15.1. The van der Waals surface area contributed by atoms with Crippen LogP contribution in [0.4, 0.5) is 0 Å². The molecule has 110 valence electrons. The summed E-state index contributed by atoms with van der Waals surface area (Å²) in [7, 11) is 0. The average Bonchev–Trinajstić information content (AvgIpc) is 2.47. The zero-order valence-corrected chi connectivity index (χ0v) is 12.6. The Kier molecular flexibility index (Phi) is 4.03. The number of aromatic hydroxyl groups is 1. The molecule has 2 N–H and O–H groups in total. The van der Waals surface area contributed by atoms with E-state index in [1.807, 2.05) is 12.1 Å². The number of carboxylic acid groups (broad SMARTS) is 1. The molecule has 0 heterocycles. The second-order valence-electron chi connectivity index (χ2n) is 5.85. The molecule has 0 bridgehead atoms. The fourth-order valence-electron chi connectivity index (χ4n) is 2.20. The molecule has 0 aliphatic rings. The van der Waals surface area contributed by atoms with Crippen LogP contribution in [0.5, 0.6) is 5.75 Å². The van der Waals surface area contributed by atoms with Gasteiger partial charge in [0.25, 0.3) is 0 Å². The fourth-order valence-corrected chi connectivity index (χ4v) is 2.20. The molecule has 2 aromatic carbocycles. The third kappa shape index (κ3) is 3.07. The van der Waals surface area contributed by atoms with Crippen molar-refractivity contribution in [2.75, 3.05) is 0 Å². The summed E-state index contributed by atoms with van der Waals surface area (Å²) >= 11 is 0. The zero-order valence-electron chi connectivity index (χ0n) is 12.6. The fraction of sp³-hybridized carbons (Fsp3) is 0.278. The summed E-state index contributed by atoms with van der Waals surface area (Å²) in [5.74, 6) is -1.34. The molecular formula is C18H20O3. The van der Waals surface area contributed by atoms with Gasteiger partial charge >= 0.3 is 5.97 Å². The predicted molar refractivity (Wildman–Crippen MR) is 83.8 cm³/mol. The second-order valence-corrected chi connectivity index (χ2v) is 5.85. The number of benzene rings is 2. The highest BCUT2D eigenvalue weighted by atomic mass is 16.4. The number of rotatable bonds is 4. The van der Waals surface area contributed by atoms with Crippen molar-refractivity contribution >= 4 is 5.97 Å². The summed E-state index contributed by atoms with van der Waals surface area (Å²) in [6.07, 6.45) is 1.05. The van der Waals surface area contributed by atoms with Gasteiger partial charge in [-0.2, -0.15) is 0 Å². The highest BCUT2D eigenvalue weighted by molar-refractivity contribution is 5.92. The van der Waals surface area contributed by atoms with E-state index in [0.29, 0.717) is 0 Å². The lowest BCUT2D eigenvalue weighted by Gasteiger charge is -2.23. The Balaban J connectivity index is 2.40. The lowest BCUT2D eigenvalue weighted by atomic mass is 9.82. The van der Waals surface area contributed by atoms with E-state index in [0.717, 1.165) is 17.5 Å². The third-order valence-electron chi connectivity index (χ3n) is 4.11. The summed E-state index contributed by atoms with van der Waals surface area (Å²) < 4.78 is 0. The van der Waals surface area contributed by atoms with Crippen LogP contribution in [0.1, 0.15) is 43.1 Å². The van der Waals surface area contributed by atoms with Gasteiger partial charge < -0.3 is 10.2 Å². The van der Waals surface area contributed by atoms with Crippen LogP contribution in [-0.4, -0.2) is 16.2 Å². The number of hydrogen-bond donors (Lipinski definition) is 2. The molecule has 0 unspecified atom stereocenters. The molecule has 0 aliphatic carbocycles. The molecule has 0 atom stereocenters. The lowest BCUT2D eigenvalue weighted by molar-refractivity contribution is 0.0694. The van der Waals surface area contributed by atoms with Crippen molar-refractivity contribution in [3.8, 4) is 16.9 Å². The molecule has 0 saturated carbocycles. The summed E-state index contributed by atoms with van der Waals surface area (Å²) in [6, 6.07) is 12.8. The number of carbonyl (C=O) groups is 1. The second kappa shape index (κ2) is 5.60. The average molecular weight is 284 g/mol. The number of hydrogen-bond acceptors (Lipinski definition) is 2. The number of carboxylic acids is 1. The maximum Gasteiger partial charge on any atom is 0.339 e. The van der Waals surface area contributed by atoms with Gasteiger partial charge in [0.15, 0.2) is 0 Å². The summed E-state index contributed by atoms with van der Waals surface area (Å²) in [5, 5.41) is 18.6. The first-order chi connectivity index (χ1) is 9.85. The Bertz CT molecular complexity index is 655. The van der Waals surface area contributed by atoms with Gasteiger partial charge in [-0.25, -0.2) is 4.79 Å². The highest BCUT2D eigenvalue weighted by Gasteiger charge is 2.18. The van der Waals surface area contributed by atoms with Crippen LogP contribution in [0.15, 0.2) is 42.5 Å². The summed E-state index contributed by atoms with van der Waals surface area (Å²) in [5.41, 5.74) is 3.02. The van der Waals surface area contributed by atoms with Crippen molar-refractivity contribution < 1.29 is 15.0 Å². The first-order valence-corrected chi connectivity index (χ1v) is 7.02. The Labute approximate surface area is 124 Å². The van der Waals surface area contributed by atoms with Crippen LogP contribution >= 0.6 is 0 Å². The Hall–Kier alpha value is -2.29. The van der Waals surface area contributed by atoms with E-state index in [-0.39, 0.29) is 16.7 Å². The van der Waals surface area contributed by atoms with E-state index in [4.69, 9.17) is 5.11 Å². The first-order valence-electron chi connectivity index (χ1n) is 7.02. The molecule has 0 aromatic heterocycles.